The molecule has 152 valence electrons. The Morgan fingerprint density at radius 1 is 0.862 bits per heavy atom. The fourth-order valence-corrected chi connectivity index (χ4v) is 3.77. The fraction of sp³-hybridized carbons (Fsp3) is 0.391. The van der Waals surface area contributed by atoms with E-state index in [-0.39, 0.29) is 11.7 Å². The highest BCUT2D eigenvalue weighted by Crippen LogP contribution is 2.22. The summed E-state index contributed by atoms with van der Waals surface area (Å²) in [5, 5.41) is 4.27. The summed E-state index contributed by atoms with van der Waals surface area (Å²) in [6.45, 7) is 10.2. The maximum Gasteiger partial charge on any atom is 0.350 e. The van der Waals surface area contributed by atoms with Crippen molar-refractivity contribution >= 4 is 11.4 Å². The zero-order valence-electron chi connectivity index (χ0n) is 17.5. The van der Waals surface area contributed by atoms with Gasteiger partial charge in [-0.25, -0.2) is 14.0 Å². The minimum atomic E-state index is -0.0844. The standard InChI is InChI=1S/C23H29N5O/c1-4-19(3)28-23(29)27(17-24-28)22-11-9-21(10-12-22)26-15-13-25(14-16-26)20-7-5-18(2)6-8-20/h5-12,17,19H,4,13-16H2,1-3H3/t19-/m0/s1. The molecule has 0 bridgehead atoms. The normalized spacial score (nSPS) is 15.6. The molecule has 1 aliphatic rings. The Balaban J connectivity index is 1.43. The van der Waals surface area contributed by atoms with Crippen LogP contribution >= 0.6 is 0 Å². The first-order valence-corrected chi connectivity index (χ1v) is 10.4. The van der Waals surface area contributed by atoms with E-state index in [1.807, 2.05) is 19.1 Å². The third kappa shape index (κ3) is 3.92. The van der Waals surface area contributed by atoms with Crippen LogP contribution in [0.5, 0.6) is 0 Å². The van der Waals surface area contributed by atoms with Crippen molar-refractivity contribution in [2.24, 2.45) is 0 Å². The lowest BCUT2D eigenvalue weighted by molar-refractivity contribution is 0.460. The van der Waals surface area contributed by atoms with E-state index in [4.69, 9.17) is 0 Å². The SMILES string of the molecule is CC[C@H](C)n1ncn(-c2ccc(N3CCN(c4ccc(C)cc4)CC3)cc2)c1=O. The lowest BCUT2D eigenvalue weighted by Crippen LogP contribution is -2.46. The first-order valence-electron chi connectivity index (χ1n) is 10.4. The highest BCUT2D eigenvalue weighted by Gasteiger charge is 2.18. The van der Waals surface area contributed by atoms with Crippen molar-refractivity contribution in [3.05, 3.63) is 70.9 Å². The predicted molar refractivity (Wildman–Crippen MR) is 118 cm³/mol. The number of piperazine rings is 1. The lowest BCUT2D eigenvalue weighted by atomic mass is 10.2. The average molecular weight is 392 g/mol. The Kier molecular flexibility index (Phi) is 5.43. The van der Waals surface area contributed by atoms with Gasteiger partial charge in [0, 0.05) is 37.6 Å². The first kappa shape index (κ1) is 19.3. The van der Waals surface area contributed by atoms with Crippen LogP contribution in [0.4, 0.5) is 11.4 Å². The van der Waals surface area contributed by atoms with Gasteiger partial charge in [-0.05, 0) is 56.7 Å². The Morgan fingerprint density at radius 3 is 1.86 bits per heavy atom. The van der Waals surface area contributed by atoms with Crippen molar-refractivity contribution in [1.29, 1.82) is 0 Å². The second-order valence-electron chi connectivity index (χ2n) is 7.81. The Hall–Kier alpha value is -3.02. The zero-order valence-corrected chi connectivity index (χ0v) is 17.5. The molecule has 0 radical (unpaired) electrons. The maximum absolute atomic E-state index is 12.6. The number of benzene rings is 2. The van der Waals surface area contributed by atoms with Crippen LogP contribution in [0, 0.1) is 6.92 Å². The summed E-state index contributed by atoms with van der Waals surface area (Å²) in [7, 11) is 0. The van der Waals surface area contributed by atoms with Crippen molar-refractivity contribution < 1.29 is 0 Å². The van der Waals surface area contributed by atoms with E-state index < -0.39 is 0 Å². The van der Waals surface area contributed by atoms with Crippen LogP contribution in [0.1, 0.15) is 31.9 Å². The molecule has 1 atom stereocenters. The van der Waals surface area contributed by atoms with Gasteiger partial charge in [-0.1, -0.05) is 24.6 Å². The van der Waals surface area contributed by atoms with Gasteiger partial charge in [-0.2, -0.15) is 5.10 Å². The van der Waals surface area contributed by atoms with Gasteiger partial charge in [-0.3, -0.25) is 0 Å². The summed E-state index contributed by atoms with van der Waals surface area (Å²) in [6.07, 6.45) is 2.49. The van der Waals surface area contributed by atoms with E-state index in [2.05, 4.69) is 65.1 Å². The molecule has 0 saturated carbocycles. The van der Waals surface area contributed by atoms with Gasteiger partial charge >= 0.3 is 5.69 Å². The number of rotatable bonds is 5. The Labute approximate surface area is 172 Å². The fourth-order valence-electron chi connectivity index (χ4n) is 3.77. The Morgan fingerprint density at radius 2 is 1.34 bits per heavy atom. The Bertz CT molecular complexity index is 995. The predicted octanol–water partition coefficient (Wildman–Crippen LogP) is 3.64. The lowest BCUT2D eigenvalue weighted by Gasteiger charge is -2.37. The summed E-state index contributed by atoms with van der Waals surface area (Å²) in [4.78, 5) is 17.4. The van der Waals surface area contributed by atoms with Crippen LogP contribution in [0.3, 0.4) is 0 Å². The monoisotopic (exact) mass is 391 g/mol. The van der Waals surface area contributed by atoms with Gasteiger partial charge < -0.3 is 9.80 Å². The van der Waals surface area contributed by atoms with Crippen LogP contribution in [-0.4, -0.2) is 40.5 Å². The van der Waals surface area contributed by atoms with E-state index in [1.165, 1.54) is 16.9 Å². The molecule has 2 aromatic carbocycles. The third-order valence-electron chi connectivity index (χ3n) is 5.87. The van der Waals surface area contributed by atoms with Crippen molar-refractivity contribution in [3.8, 4) is 5.69 Å². The molecule has 29 heavy (non-hydrogen) atoms. The number of hydrogen-bond acceptors (Lipinski definition) is 4. The quantitative estimate of drug-likeness (QED) is 0.666. The van der Waals surface area contributed by atoms with Gasteiger partial charge in [0.15, 0.2) is 0 Å². The van der Waals surface area contributed by atoms with Crippen LogP contribution < -0.4 is 15.5 Å². The molecule has 1 aromatic heterocycles. The molecule has 0 amide bonds. The number of aryl methyl sites for hydroxylation is 1. The number of aromatic nitrogens is 3. The largest absolute Gasteiger partial charge is 0.368 e. The van der Waals surface area contributed by atoms with Crippen molar-refractivity contribution in [1.82, 2.24) is 14.3 Å². The molecule has 6 nitrogen and oxygen atoms in total. The van der Waals surface area contributed by atoms with Crippen LogP contribution in [0.2, 0.25) is 0 Å². The number of hydrogen-bond donors (Lipinski definition) is 0. The summed E-state index contributed by atoms with van der Waals surface area (Å²) >= 11 is 0. The molecule has 2 heterocycles. The maximum atomic E-state index is 12.6. The summed E-state index contributed by atoms with van der Waals surface area (Å²) < 4.78 is 3.17. The zero-order chi connectivity index (χ0) is 20.4. The summed E-state index contributed by atoms with van der Waals surface area (Å²) in [5.41, 5.74) is 4.55. The van der Waals surface area contributed by atoms with Crippen molar-refractivity contribution in [2.45, 2.75) is 33.2 Å². The second-order valence-corrected chi connectivity index (χ2v) is 7.81. The van der Waals surface area contributed by atoms with Crippen LogP contribution in [0.25, 0.3) is 5.69 Å². The van der Waals surface area contributed by atoms with Gasteiger partial charge in [0.1, 0.15) is 6.33 Å². The van der Waals surface area contributed by atoms with E-state index in [9.17, 15) is 4.79 Å². The van der Waals surface area contributed by atoms with Gasteiger partial charge in [0.05, 0.1) is 11.7 Å². The highest BCUT2D eigenvalue weighted by molar-refractivity contribution is 5.54. The molecule has 0 unspecified atom stereocenters. The third-order valence-corrected chi connectivity index (χ3v) is 5.87. The van der Waals surface area contributed by atoms with Crippen LogP contribution in [-0.2, 0) is 0 Å². The number of nitrogens with zero attached hydrogens (tertiary/aromatic N) is 5. The second kappa shape index (κ2) is 8.15. The molecular formula is C23H29N5O. The van der Waals surface area contributed by atoms with E-state index >= 15 is 0 Å². The summed E-state index contributed by atoms with van der Waals surface area (Å²) in [6, 6.07) is 17.1. The van der Waals surface area contributed by atoms with Gasteiger partial charge in [-0.15, -0.1) is 0 Å². The van der Waals surface area contributed by atoms with Crippen LogP contribution in [0.15, 0.2) is 59.7 Å². The molecular weight excluding hydrogens is 362 g/mol. The molecule has 1 aliphatic heterocycles. The first-order chi connectivity index (χ1) is 14.1. The number of anilines is 2. The average Bonchev–Trinajstić information content (AvgIpc) is 3.15. The minimum absolute atomic E-state index is 0.0844. The van der Waals surface area contributed by atoms with Gasteiger partial charge in [0.2, 0.25) is 0 Å². The summed E-state index contributed by atoms with van der Waals surface area (Å²) in [5.74, 6) is 0. The molecule has 0 N–H and O–H groups in total. The molecule has 0 aliphatic carbocycles. The van der Waals surface area contributed by atoms with Crippen molar-refractivity contribution in [3.63, 3.8) is 0 Å². The molecule has 1 saturated heterocycles. The minimum Gasteiger partial charge on any atom is -0.368 e. The molecule has 0 spiro atoms. The molecule has 4 rings (SSSR count). The van der Waals surface area contributed by atoms with Gasteiger partial charge in [0.25, 0.3) is 0 Å². The topological polar surface area (TPSA) is 46.3 Å². The van der Waals surface area contributed by atoms with Crippen molar-refractivity contribution in [2.75, 3.05) is 36.0 Å². The molecule has 3 aromatic rings. The van der Waals surface area contributed by atoms with E-state index in [1.54, 1.807) is 15.6 Å². The molecule has 1 fully saturated rings. The smallest absolute Gasteiger partial charge is 0.350 e. The van der Waals surface area contributed by atoms with E-state index in [0.717, 1.165) is 38.3 Å². The highest BCUT2D eigenvalue weighted by atomic mass is 16.2. The van der Waals surface area contributed by atoms with E-state index in [0.29, 0.717) is 0 Å². The molecule has 6 heteroatoms.